The molecule has 1 aromatic heterocycles. The van der Waals surface area contributed by atoms with Gasteiger partial charge in [-0.25, -0.2) is 0 Å². The first-order valence-corrected chi connectivity index (χ1v) is 5.32. The molecule has 0 radical (unpaired) electrons. The van der Waals surface area contributed by atoms with Gasteiger partial charge in [0.05, 0.1) is 11.1 Å². The Bertz CT molecular complexity index is 649. The van der Waals surface area contributed by atoms with E-state index in [1.165, 1.54) is 0 Å². The highest BCUT2D eigenvalue weighted by Gasteiger charge is 2.25. The summed E-state index contributed by atoms with van der Waals surface area (Å²) in [5.74, 6) is -4.22. The molecule has 0 aliphatic heterocycles. The van der Waals surface area contributed by atoms with Gasteiger partial charge in [-0.15, -0.1) is 0 Å². The fourth-order valence-corrected chi connectivity index (χ4v) is 1.43. The second-order valence-corrected chi connectivity index (χ2v) is 3.81. The first-order chi connectivity index (χ1) is 9.72. The number of amides is 1. The van der Waals surface area contributed by atoms with E-state index < -0.39 is 52.7 Å². The molecule has 0 fully saturated rings. The molecule has 11 nitrogen and oxygen atoms in total. The molecular weight excluding hydrogens is 290 g/mol. The van der Waals surface area contributed by atoms with Crippen molar-refractivity contribution in [1.82, 2.24) is 9.88 Å². The van der Waals surface area contributed by atoms with E-state index in [2.05, 4.69) is 0 Å². The van der Waals surface area contributed by atoms with Gasteiger partial charge in [0.1, 0.15) is 18.7 Å². The van der Waals surface area contributed by atoms with Crippen LogP contribution in [0.4, 0.5) is 5.69 Å². The van der Waals surface area contributed by atoms with Gasteiger partial charge in [-0.3, -0.25) is 29.3 Å². The van der Waals surface area contributed by atoms with Crippen LogP contribution in [-0.2, 0) is 9.59 Å². The van der Waals surface area contributed by atoms with E-state index in [4.69, 9.17) is 10.2 Å². The number of nitrogens with one attached hydrogen (secondary N) is 1. The summed E-state index contributed by atoms with van der Waals surface area (Å²) in [6.07, 6.45) is 0.762. The highest BCUT2D eigenvalue weighted by atomic mass is 16.6. The number of nitrogens with zero attached hydrogens (tertiary/aromatic N) is 2. The number of carbonyl (C=O) groups is 3. The monoisotopic (exact) mass is 299 g/mol. The van der Waals surface area contributed by atoms with Crippen molar-refractivity contribution >= 4 is 23.5 Å². The Kier molecular flexibility index (Phi) is 4.72. The zero-order chi connectivity index (χ0) is 16.2. The summed E-state index contributed by atoms with van der Waals surface area (Å²) >= 11 is 0. The van der Waals surface area contributed by atoms with Crippen molar-refractivity contribution < 1.29 is 29.5 Å². The number of hydrogen-bond donors (Lipinski definition) is 3. The number of carboxylic acids is 2. The molecule has 0 saturated carbocycles. The fourth-order valence-electron chi connectivity index (χ4n) is 1.43. The molecule has 112 valence electrons. The van der Waals surface area contributed by atoms with Crippen molar-refractivity contribution in [1.29, 1.82) is 0 Å². The minimum atomic E-state index is -1.49. The van der Waals surface area contributed by atoms with Gasteiger partial charge in [0.2, 0.25) is 0 Å². The van der Waals surface area contributed by atoms with Gasteiger partial charge in [0.25, 0.3) is 17.2 Å². The lowest BCUT2D eigenvalue weighted by Gasteiger charge is -2.17. The van der Waals surface area contributed by atoms with Crippen LogP contribution >= 0.6 is 0 Å². The number of carbonyl (C=O) groups excluding carboxylic acids is 1. The maximum absolute atomic E-state index is 12.0. The van der Waals surface area contributed by atoms with Crippen molar-refractivity contribution in [2.24, 2.45) is 0 Å². The Balaban J connectivity index is 3.21. The standard InChI is InChI=1S/C10H9N3O8/c14-7(15)3-12(4-8(16)17)10(19)6-1-5(13(20)21)2-11-9(6)18/h1-2H,3-4H2,(H,11,18)(H,14,15)(H,16,17). The Morgan fingerprint density at radius 3 is 2.19 bits per heavy atom. The molecule has 21 heavy (non-hydrogen) atoms. The molecule has 1 aromatic rings. The van der Waals surface area contributed by atoms with E-state index in [9.17, 15) is 29.3 Å². The Morgan fingerprint density at radius 2 is 1.76 bits per heavy atom. The fraction of sp³-hybridized carbons (Fsp3) is 0.200. The zero-order valence-corrected chi connectivity index (χ0v) is 10.3. The molecule has 0 atom stereocenters. The lowest BCUT2D eigenvalue weighted by Crippen LogP contribution is -2.41. The lowest BCUT2D eigenvalue weighted by molar-refractivity contribution is -0.385. The van der Waals surface area contributed by atoms with Crippen LogP contribution in [0, 0.1) is 10.1 Å². The molecule has 0 bridgehead atoms. The largest absolute Gasteiger partial charge is 0.480 e. The maximum Gasteiger partial charge on any atom is 0.323 e. The number of pyridine rings is 1. The lowest BCUT2D eigenvalue weighted by atomic mass is 10.2. The quantitative estimate of drug-likeness (QED) is 0.438. The minimum Gasteiger partial charge on any atom is -0.480 e. The molecule has 11 heteroatoms. The average molecular weight is 299 g/mol. The summed E-state index contributed by atoms with van der Waals surface area (Å²) in [5, 5.41) is 27.8. The van der Waals surface area contributed by atoms with Crippen LogP contribution in [0.5, 0.6) is 0 Å². The Labute approximate surface area is 115 Å². The third-order valence-corrected chi connectivity index (χ3v) is 2.27. The van der Waals surface area contributed by atoms with Crippen LogP contribution in [0.3, 0.4) is 0 Å². The molecule has 0 spiro atoms. The van der Waals surface area contributed by atoms with Crippen LogP contribution in [-0.4, -0.2) is 56.0 Å². The van der Waals surface area contributed by atoms with Crippen molar-refractivity contribution in [3.05, 3.63) is 38.3 Å². The summed E-state index contributed by atoms with van der Waals surface area (Å²) in [6.45, 7) is -1.93. The van der Waals surface area contributed by atoms with Crippen LogP contribution in [0.1, 0.15) is 10.4 Å². The molecule has 1 amide bonds. The van der Waals surface area contributed by atoms with Crippen molar-refractivity contribution in [3.63, 3.8) is 0 Å². The number of aliphatic carboxylic acids is 2. The van der Waals surface area contributed by atoms with Crippen molar-refractivity contribution in [2.75, 3.05) is 13.1 Å². The van der Waals surface area contributed by atoms with Gasteiger partial charge >= 0.3 is 11.9 Å². The van der Waals surface area contributed by atoms with E-state index in [1.54, 1.807) is 0 Å². The van der Waals surface area contributed by atoms with Crippen molar-refractivity contribution in [2.45, 2.75) is 0 Å². The van der Waals surface area contributed by atoms with Crippen LogP contribution < -0.4 is 5.56 Å². The van der Waals surface area contributed by atoms with Gasteiger partial charge in [-0.2, -0.15) is 0 Å². The second kappa shape index (κ2) is 6.27. The van der Waals surface area contributed by atoms with E-state index in [-0.39, 0.29) is 0 Å². The van der Waals surface area contributed by atoms with E-state index in [0.717, 1.165) is 6.20 Å². The summed E-state index contributed by atoms with van der Waals surface area (Å²) in [7, 11) is 0. The molecule has 3 N–H and O–H groups in total. The normalized spacial score (nSPS) is 9.90. The van der Waals surface area contributed by atoms with Crippen LogP contribution in [0.25, 0.3) is 0 Å². The predicted octanol–water partition coefficient (Wildman–Crippen LogP) is -1.11. The highest BCUT2D eigenvalue weighted by Crippen LogP contribution is 2.10. The van der Waals surface area contributed by atoms with Crippen molar-refractivity contribution in [3.8, 4) is 0 Å². The number of aromatic nitrogens is 1. The van der Waals surface area contributed by atoms with E-state index in [0.29, 0.717) is 11.0 Å². The molecule has 0 aliphatic rings. The van der Waals surface area contributed by atoms with Crippen LogP contribution in [0.2, 0.25) is 0 Å². The zero-order valence-electron chi connectivity index (χ0n) is 10.3. The molecule has 0 aromatic carbocycles. The summed E-state index contributed by atoms with van der Waals surface area (Å²) < 4.78 is 0. The Morgan fingerprint density at radius 1 is 1.24 bits per heavy atom. The summed E-state index contributed by atoms with van der Waals surface area (Å²) in [4.78, 5) is 56.7. The molecule has 0 unspecified atom stereocenters. The molecule has 1 heterocycles. The highest BCUT2D eigenvalue weighted by molar-refractivity contribution is 5.97. The summed E-state index contributed by atoms with van der Waals surface area (Å²) in [5.41, 5.74) is -2.30. The number of hydrogen-bond acceptors (Lipinski definition) is 6. The predicted molar refractivity (Wildman–Crippen MR) is 64.9 cm³/mol. The van der Waals surface area contributed by atoms with E-state index >= 15 is 0 Å². The summed E-state index contributed by atoms with van der Waals surface area (Å²) in [6, 6.07) is 0.651. The average Bonchev–Trinajstić information content (AvgIpc) is 2.36. The third-order valence-electron chi connectivity index (χ3n) is 2.27. The number of H-pyrrole nitrogens is 1. The topological polar surface area (TPSA) is 171 Å². The minimum absolute atomic E-state index is 0.374. The molecule has 0 saturated heterocycles. The van der Waals surface area contributed by atoms with Gasteiger partial charge in [-0.1, -0.05) is 0 Å². The smallest absolute Gasteiger partial charge is 0.323 e. The molecule has 0 aliphatic carbocycles. The number of nitro groups is 1. The first kappa shape index (κ1) is 15.8. The van der Waals surface area contributed by atoms with Gasteiger partial charge in [0.15, 0.2) is 0 Å². The molecule has 1 rings (SSSR count). The number of aromatic amines is 1. The second-order valence-electron chi connectivity index (χ2n) is 3.81. The van der Waals surface area contributed by atoms with Crippen LogP contribution in [0.15, 0.2) is 17.1 Å². The SMILES string of the molecule is O=C(O)CN(CC(=O)O)C(=O)c1cc([N+](=O)[O-])c[nH]c1=O. The van der Waals surface area contributed by atoms with Gasteiger partial charge in [-0.05, 0) is 0 Å². The van der Waals surface area contributed by atoms with Gasteiger partial charge in [0, 0.05) is 6.07 Å². The first-order valence-electron chi connectivity index (χ1n) is 5.32. The van der Waals surface area contributed by atoms with Gasteiger partial charge < -0.3 is 20.1 Å². The number of carboxylic acid groups (broad SMARTS) is 2. The Hall–Kier alpha value is -3.24. The number of rotatable bonds is 6. The molecular formula is C10H9N3O8. The van der Waals surface area contributed by atoms with E-state index in [1.807, 2.05) is 4.98 Å². The maximum atomic E-state index is 12.0. The third kappa shape index (κ3) is 4.12.